The number of nitrogens with one attached hydrogen (secondary N) is 1. The summed E-state index contributed by atoms with van der Waals surface area (Å²) < 4.78 is 43.2. The van der Waals surface area contributed by atoms with Gasteiger partial charge in [0.05, 0.1) is 16.3 Å². The minimum Gasteiger partial charge on any atom is -0.427 e. The Balaban J connectivity index is 1.83. The second-order valence-electron chi connectivity index (χ2n) is 6.06. The van der Waals surface area contributed by atoms with Crippen molar-refractivity contribution in [2.75, 3.05) is 5.32 Å². The van der Waals surface area contributed by atoms with Gasteiger partial charge in [-0.3, -0.25) is 9.59 Å². The third-order valence-corrected chi connectivity index (χ3v) is 4.77. The Morgan fingerprint density at radius 3 is 2.21 bits per heavy atom. The van der Waals surface area contributed by atoms with Gasteiger partial charge in [-0.1, -0.05) is 12.1 Å². The van der Waals surface area contributed by atoms with Crippen LogP contribution in [0.4, 0.5) is 18.9 Å². The summed E-state index contributed by atoms with van der Waals surface area (Å²) >= 11 is 1.14. The van der Waals surface area contributed by atoms with Crippen molar-refractivity contribution in [3.8, 4) is 17.0 Å². The zero-order chi connectivity index (χ0) is 21.2. The number of alkyl halides is 3. The van der Waals surface area contributed by atoms with Gasteiger partial charge in [0.1, 0.15) is 10.6 Å². The number of esters is 1. The molecule has 1 N–H and O–H groups in total. The quantitative estimate of drug-likeness (QED) is 0.459. The van der Waals surface area contributed by atoms with Crippen LogP contribution in [-0.4, -0.2) is 16.9 Å². The topological polar surface area (TPSA) is 68.3 Å². The van der Waals surface area contributed by atoms with E-state index in [0.29, 0.717) is 27.7 Å². The second-order valence-corrected chi connectivity index (χ2v) is 7.26. The van der Waals surface area contributed by atoms with Gasteiger partial charge >= 0.3 is 12.1 Å². The average Bonchev–Trinajstić information content (AvgIpc) is 3.04. The van der Waals surface area contributed by atoms with Crippen LogP contribution in [0.2, 0.25) is 0 Å². The largest absolute Gasteiger partial charge is 0.427 e. The van der Waals surface area contributed by atoms with Crippen LogP contribution in [0.15, 0.2) is 48.5 Å². The maximum absolute atomic E-state index is 12.8. The minimum atomic E-state index is -4.44. The molecule has 0 aliphatic rings. The summed E-state index contributed by atoms with van der Waals surface area (Å²) in [7, 11) is 0. The summed E-state index contributed by atoms with van der Waals surface area (Å²) in [6.45, 7) is 2.99. The molecule has 150 valence electrons. The summed E-state index contributed by atoms with van der Waals surface area (Å²) in [5.74, 6) is -0.552. The lowest BCUT2D eigenvalue weighted by atomic mass is 10.1. The normalized spacial score (nSPS) is 11.2. The Kier molecular flexibility index (Phi) is 5.69. The fourth-order valence-corrected chi connectivity index (χ4v) is 3.39. The number of carbonyl (C=O) groups is 2. The molecule has 0 saturated heterocycles. The van der Waals surface area contributed by atoms with Gasteiger partial charge in [0, 0.05) is 18.2 Å². The number of aromatic nitrogens is 1. The van der Waals surface area contributed by atoms with Crippen molar-refractivity contribution in [3.63, 3.8) is 0 Å². The number of aryl methyl sites for hydroxylation is 1. The van der Waals surface area contributed by atoms with Crippen LogP contribution in [0.3, 0.4) is 0 Å². The van der Waals surface area contributed by atoms with E-state index in [1.165, 1.54) is 31.2 Å². The van der Waals surface area contributed by atoms with Crippen LogP contribution in [0, 0.1) is 6.92 Å². The van der Waals surface area contributed by atoms with Crippen LogP contribution < -0.4 is 10.1 Å². The van der Waals surface area contributed by atoms with Gasteiger partial charge in [-0.05, 0) is 43.3 Å². The third kappa shape index (κ3) is 5.00. The zero-order valence-electron chi connectivity index (χ0n) is 15.3. The van der Waals surface area contributed by atoms with E-state index in [4.69, 9.17) is 4.74 Å². The highest BCUT2D eigenvalue weighted by atomic mass is 32.1. The summed E-state index contributed by atoms with van der Waals surface area (Å²) in [4.78, 5) is 28.2. The van der Waals surface area contributed by atoms with Crippen molar-refractivity contribution in [3.05, 3.63) is 64.0 Å². The van der Waals surface area contributed by atoms with Gasteiger partial charge < -0.3 is 10.1 Å². The van der Waals surface area contributed by atoms with Gasteiger partial charge in [0.25, 0.3) is 5.91 Å². The number of hydrogen-bond donors (Lipinski definition) is 1. The molecule has 0 atom stereocenters. The molecule has 0 bridgehead atoms. The minimum absolute atomic E-state index is 0.284. The predicted molar refractivity (Wildman–Crippen MR) is 103 cm³/mol. The average molecular weight is 420 g/mol. The number of thiazole rings is 1. The second kappa shape index (κ2) is 8.04. The Morgan fingerprint density at radius 2 is 1.66 bits per heavy atom. The van der Waals surface area contributed by atoms with Crippen molar-refractivity contribution in [1.29, 1.82) is 0 Å². The van der Waals surface area contributed by atoms with E-state index in [0.717, 1.165) is 23.5 Å². The number of ether oxygens (including phenoxy) is 1. The van der Waals surface area contributed by atoms with Crippen molar-refractivity contribution >= 4 is 28.9 Å². The number of carbonyl (C=O) groups excluding carboxylic acids is 2. The molecule has 0 unspecified atom stereocenters. The van der Waals surface area contributed by atoms with Crippen LogP contribution >= 0.6 is 11.3 Å². The first kappa shape index (κ1) is 20.5. The maximum Gasteiger partial charge on any atom is 0.416 e. The molecule has 1 heterocycles. The summed E-state index contributed by atoms with van der Waals surface area (Å²) in [6.07, 6.45) is -4.44. The molecule has 0 aliphatic carbocycles. The van der Waals surface area contributed by atoms with Crippen LogP contribution in [0.5, 0.6) is 5.75 Å². The highest BCUT2D eigenvalue weighted by molar-refractivity contribution is 7.14. The molecule has 0 spiro atoms. The fraction of sp³-hybridized carbons (Fsp3) is 0.150. The highest BCUT2D eigenvalue weighted by Crippen LogP contribution is 2.33. The molecular weight excluding hydrogens is 405 g/mol. The molecule has 3 aromatic rings. The van der Waals surface area contributed by atoms with E-state index in [9.17, 15) is 22.8 Å². The predicted octanol–water partition coefficient (Wildman–Crippen LogP) is 5.31. The molecule has 1 amide bonds. The van der Waals surface area contributed by atoms with Gasteiger partial charge in [0.2, 0.25) is 0 Å². The van der Waals surface area contributed by atoms with Gasteiger partial charge in [-0.25, -0.2) is 4.98 Å². The zero-order valence-corrected chi connectivity index (χ0v) is 16.1. The Morgan fingerprint density at radius 1 is 1.03 bits per heavy atom. The van der Waals surface area contributed by atoms with E-state index in [1.54, 1.807) is 19.1 Å². The molecule has 29 heavy (non-hydrogen) atoms. The molecular formula is C20H15F3N2O3S. The summed E-state index contributed by atoms with van der Waals surface area (Å²) in [5, 5.41) is 3.32. The Bertz CT molecular complexity index is 1040. The van der Waals surface area contributed by atoms with Gasteiger partial charge in [0.15, 0.2) is 0 Å². The molecule has 0 radical (unpaired) electrons. The smallest absolute Gasteiger partial charge is 0.416 e. The molecule has 5 nitrogen and oxygen atoms in total. The van der Waals surface area contributed by atoms with Crippen molar-refractivity contribution in [2.45, 2.75) is 20.0 Å². The Hall–Kier alpha value is -3.20. The lowest BCUT2D eigenvalue weighted by molar-refractivity contribution is -0.137. The molecule has 2 aromatic carbocycles. The number of rotatable bonds is 4. The lowest BCUT2D eigenvalue weighted by Gasteiger charge is -2.08. The molecule has 9 heteroatoms. The molecule has 3 rings (SSSR count). The number of anilines is 1. The number of benzene rings is 2. The lowest BCUT2D eigenvalue weighted by Crippen LogP contribution is -2.11. The first-order chi connectivity index (χ1) is 13.6. The van der Waals surface area contributed by atoms with Crippen molar-refractivity contribution in [2.24, 2.45) is 0 Å². The number of hydrogen-bond acceptors (Lipinski definition) is 5. The first-order valence-electron chi connectivity index (χ1n) is 8.38. The fourth-order valence-electron chi connectivity index (χ4n) is 2.55. The van der Waals surface area contributed by atoms with Crippen molar-refractivity contribution in [1.82, 2.24) is 4.98 Å². The van der Waals surface area contributed by atoms with Crippen molar-refractivity contribution < 1.29 is 27.5 Å². The summed E-state index contributed by atoms with van der Waals surface area (Å²) in [5.41, 5.74) is 0.426. The van der Waals surface area contributed by atoms with Crippen LogP contribution in [0.25, 0.3) is 11.3 Å². The first-order valence-corrected chi connectivity index (χ1v) is 9.20. The SMILES string of the molecule is CC(=O)Oc1ccc(NC(=O)c2sc(C)nc2-c2ccc(C(F)(F)F)cc2)cc1. The van der Waals surface area contributed by atoms with E-state index >= 15 is 0 Å². The van der Waals surface area contributed by atoms with Gasteiger partial charge in [-0.15, -0.1) is 11.3 Å². The molecule has 0 aliphatic heterocycles. The van der Waals surface area contributed by atoms with Crippen LogP contribution in [0.1, 0.15) is 27.2 Å². The Labute approximate surface area is 168 Å². The standard InChI is InChI=1S/C20H15F3N2O3S/c1-11-24-17(13-3-5-14(6-4-13)20(21,22)23)18(29-11)19(27)25-15-7-9-16(10-8-15)28-12(2)26/h3-10H,1-2H3,(H,25,27). The van der Waals surface area contributed by atoms with Crippen LogP contribution in [-0.2, 0) is 11.0 Å². The van der Waals surface area contributed by atoms with Gasteiger partial charge in [-0.2, -0.15) is 13.2 Å². The number of halogens is 3. The molecule has 1 aromatic heterocycles. The maximum atomic E-state index is 12.8. The number of nitrogens with zero attached hydrogens (tertiary/aromatic N) is 1. The molecule has 0 fully saturated rings. The third-order valence-electron chi connectivity index (χ3n) is 3.80. The van der Waals surface area contributed by atoms with E-state index in [2.05, 4.69) is 10.3 Å². The summed E-state index contributed by atoms with van der Waals surface area (Å²) in [6, 6.07) is 10.7. The number of amides is 1. The highest BCUT2D eigenvalue weighted by Gasteiger charge is 2.30. The monoisotopic (exact) mass is 420 g/mol. The van der Waals surface area contributed by atoms with E-state index in [1.807, 2.05) is 0 Å². The molecule has 0 saturated carbocycles. The van der Waals surface area contributed by atoms with E-state index in [-0.39, 0.29) is 4.88 Å². The van der Waals surface area contributed by atoms with E-state index < -0.39 is 23.6 Å².